The molecule has 0 fully saturated rings. The van der Waals surface area contributed by atoms with Gasteiger partial charge >= 0.3 is 5.97 Å². The van der Waals surface area contributed by atoms with E-state index in [2.05, 4.69) is 15.2 Å². The van der Waals surface area contributed by atoms with Gasteiger partial charge < -0.3 is 14.5 Å². The summed E-state index contributed by atoms with van der Waals surface area (Å²) in [6, 6.07) is 15.7. The Bertz CT molecular complexity index is 1170. The minimum atomic E-state index is -0.415. The number of ether oxygens (including phenoxy) is 2. The van der Waals surface area contributed by atoms with E-state index in [0.29, 0.717) is 17.6 Å². The van der Waals surface area contributed by atoms with E-state index in [1.54, 1.807) is 21.0 Å². The largest absolute Gasteiger partial charge is 0.497 e. The number of fused-ring (bicyclic) bond motifs is 1. The molecule has 4 rings (SSSR count). The van der Waals surface area contributed by atoms with Gasteiger partial charge in [0.15, 0.2) is 11.0 Å². The number of hydrogen-bond donors (Lipinski definition) is 1. The second-order valence-corrected chi connectivity index (χ2v) is 7.91. The SMILES string of the molecule is CCOC(=O)[C@H](C)Sc1nnc(-c2c[nH]c3ccccc23)n1-c1ccc(OC)cc1. The first kappa shape index (κ1) is 20.0. The number of carbonyl (C=O) groups is 1. The molecule has 0 amide bonds. The fraction of sp³-hybridized carbons (Fsp3) is 0.227. The highest BCUT2D eigenvalue weighted by Gasteiger charge is 2.23. The number of para-hydroxylation sites is 1. The van der Waals surface area contributed by atoms with E-state index < -0.39 is 5.25 Å². The molecule has 2 heterocycles. The first-order valence-electron chi connectivity index (χ1n) is 9.62. The van der Waals surface area contributed by atoms with E-state index in [0.717, 1.165) is 27.9 Å². The Labute approximate surface area is 178 Å². The van der Waals surface area contributed by atoms with Crippen molar-refractivity contribution in [1.29, 1.82) is 0 Å². The summed E-state index contributed by atoms with van der Waals surface area (Å²) in [6.45, 7) is 3.95. The number of carbonyl (C=O) groups excluding carboxylic acids is 1. The van der Waals surface area contributed by atoms with Crippen LogP contribution in [0.1, 0.15) is 13.8 Å². The monoisotopic (exact) mass is 422 g/mol. The molecule has 2 aromatic heterocycles. The Morgan fingerprint density at radius 3 is 2.67 bits per heavy atom. The minimum absolute atomic E-state index is 0.277. The quantitative estimate of drug-likeness (QED) is 0.350. The fourth-order valence-electron chi connectivity index (χ4n) is 3.21. The van der Waals surface area contributed by atoms with Gasteiger partial charge in [-0.2, -0.15) is 0 Å². The van der Waals surface area contributed by atoms with Gasteiger partial charge in [0.05, 0.1) is 13.7 Å². The smallest absolute Gasteiger partial charge is 0.319 e. The third kappa shape index (κ3) is 3.78. The number of benzene rings is 2. The maximum absolute atomic E-state index is 12.2. The van der Waals surface area contributed by atoms with Gasteiger partial charge in [-0.05, 0) is 44.2 Å². The molecule has 4 aromatic rings. The lowest BCUT2D eigenvalue weighted by Gasteiger charge is -2.13. The summed E-state index contributed by atoms with van der Waals surface area (Å²) in [7, 11) is 1.63. The standard InChI is InChI=1S/C22H22N4O3S/c1-4-29-21(27)14(2)30-22-25-24-20(18-13-23-19-8-6-5-7-17(18)19)26(22)15-9-11-16(28-3)12-10-15/h5-14,23H,4H2,1-3H3/t14-/m0/s1. The molecular weight excluding hydrogens is 400 g/mol. The zero-order valence-electron chi connectivity index (χ0n) is 17.0. The van der Waals surface area contributed by atoms with E-state index in [1.165, 1.54) is 11.8 Å². The van der Waals surface area contributed by atoms with Crippen molar-refractivity contribution in [3.63, 3.8) is 0 Å². The van der Waals surface area contributed by atoms with Crippen LogP contribution in [0.25, 0.3) is 28.0 Å². The van der Waals surface area contributed by atoms with Crippen LogP contribution in [0.15, 0.2) is 59.9 Å². The van der Waals surface area contributed by atoms with E-state index in [1.807, 2.05) is 59.3 Å². The third-order valence-corrected chi connectivity index (χ3v) is 5.72. The van der Waals surface area contributed by atoms with Crippen molar-refractivity contribution in [2.75, 3.05) is 13.7 Å². The first-order chi connectivity index (χ1) is 14.6. The van der Waals surface area contributed by atoms with Crippen molar-refractivity contribution in [2.24, 2.45) is 0 Å². The predicted molar refractivity (Wildman–Crippen MR) is 117 cm³/mol. The fourth-order valence-corrected chi connectivity index (χ4v) is 4.07. The van der Waals surface area contributed by atoms with Crippen molar-refractivity contribution in [3.8, 4) is 22.8 Å². The van der Waals surface area contributed by atoms with Crippen LogP contribution in [0.5, 0.6) is 5.75 Å². The highest BCUT2D eigenvalue weighted by molar-refractivity contribution is 8.00. The minimum Gasteiger partial charge on any atom is -0.497 e. The molecule has 0 aliphatic rings. The second kappa shape index (κ2) is 8.62. The highest BCUT2D eigenvalue weighted by Crippen LogP contribution is 2.34. The summed E-state index contributed by atoms with van der Waals surface area (Å²) in [5.41, 5.74) is 2.83. The molecule has 0 spiro atoms. The third-order valence-electron chi connectivity index (χ3n) is 4.69. The molecule has 2 aromatic carbocycles. The van der Waals surface area contributed by atoms with Gasteiger partial charge in [0.25, 0.3) is 0 Å². The number of aromatic amines is 1. The van der Waals surface area contributed by atoms with Gasteiger partial charge in [-0.1, -0.05) is 30.0 Å². The van der Waals surface area contributed by atoms with E-state index in [9.17, 15) is 4.79 Å². The van der Waals surface area contributed by atoms with Gasteiger partial charge in [-0.3, -0.25) is 9.36 Å². The van der Waals surface area contributed by atoms with E-state index in [4.69, 9.17) is 9.47 Å². The molecular formula is C22H22N4O3S. The van der Waals surface area contributed by atoms with E-state index >= 15 is 0 Å². The summed E-state index contributed by atoms with van der Waals surface area (Å²) >= 11 is 1.32. The predicted octanol–water partition coefficient (Wildman–Crippen LogP) is 4.47. The summed E-state index contributed by atoms with van der Waals surface area (Å²) in [5, 5.41) is 10.1. The van der Waals surface area contributed by atoms with Crippen LogP contribution in [-0.4, -0.2) is 44.7 Å². The maximum Gasteiger partial charge on any atom is 0.319 e. The van der Waals surface area contributed by atoms with Crippen LogP contribution in [0.4, 0.5) is 0 Å². The number of thioether (sulfide) groups is 1. The second-order valence-electron chi connectivity index (χ2n) is 6.60. The van der Waals surface area contributed by atoms with Crippen LogP contribution in [-0.2, 0) is 9.53 Å². The van der Waals surface area contributed by atoms with Crippen molar-refractivity contribution in [3.05, 3.63) is 54.7 Å². The molecule has 0 unspecified atom stereocenters. The lowest BCUT2D eigenvalue weighted by atomic mass is 10.1. The molecule has 0 aliphatic heterocycles. The average Bonchev–Trinajstić information content (AvgIpc) is 3.38. The summed E-state index contributed by atoms with van der Waals surface area (Å²) < 4.78 is 12.4. The van der Waals surface area contributed by atoms with Crippen molar-refractivity contribution in [1.82, 2.24) is 19.7 Å². The van der Waals surface area contributed by atoms with Crippen molar-refractivity contribution < 1.29 is 14.3 Å². The summed E-state index contributed by atoms with van der Waals surface area (Å²) in [5.74, 6) is 1.17. The maximum atomic E-state index is 12.2. The molecule has 0 radical (unpaired) electrons. The van der Waals surface area contributed by atoms with Crippen LogP contribution >= 0.6 is 11.8 Å². The Kier molecular flexibility index (Phi) is 5.76. The van der Waals surface area contributed by atoms with Crippen LogP contribution in [0.2, 0.25) is 0 Å². The Morgan fingerprint density at radius 2 is 1.93 bits per heavy atom. The number of nitrogens with zero attached hydrogens (tertiary/aromatic N) is 3. The topological polar surface area (TPSA) is 82.0 Å². The number of esters is 1. The zero-order valence-corrected chi connectivity index (χ0v) is 17.8. The van der Waals surface area contributed by atoms with Gasteiger partial charge in [-0.25, -0.2) is 0 Å². The zero-order chi connectivity index (χ0) is 21.1. The Balaban J connectivity index is 1.82. The number of methoxy groups -OCH3 is 1. The molecule has 1 N–H and O–H groups in total. The van der Waals surface area contributed by atoms with Crippen LogP contribution in [0, 0.1) is 0 Å². The molecule has 7 nitrogen and oxygen atoms in total. The lowest BCUT2D eigenvalue weighted by Crippen LogP contribution is -2.17. The van der Waals surface area contributed by atoms with Gasteiger partial charge in [-0.15, -0.1) is 10.2 Å². The molecule has 8 heteroatoms. The number of rotatable bonds is 7. The van der Waals surface area contributed by atoms with Crippen molar-refractivity contribution in [2.45, 2.75) is 24.3 Å². The Morgan fingerprint density at radius 1 is 1.17 bits per heavy atom. The lowest BCUT2D eigenvalue weighted by molar-refractivity contribution is -0.142. The van der Waals surface area contributed by atoms with Crippen LogP contribution < -0.4 is 4.74 Å². The molecule has 154 valence electrons. The van der Waals surface area contributed by atoms with Gasteiger partial charge in [0.2, 0.25) is 0 Å². The normalized spacial score (nSPS) is 12.1. The number of hydrogen-bond acceptors (Lipinski definition) is 6. The number of aromatic nitrogens is 4. The molecule has 0 aliphatic carbocycles. The van der Waals surface area contributed by atoms with Gasteiger partial charge in [0, 0.05) is 28.4 Å². The molecule has 0 bridgehead atoms. The summed E-state index contributed by atoms with van der Waals surface area (Å²) in [4.78, 5) is 15.5. The van der Waals surface area contributed by atoms with E-state index in [-0.39, 0.29) is 5.97 Å². The number of H-pyrrole nitrogens is 1. The molecule has 0 saturated carbocycles. The Hall–Kier alpha value is -3.26. The average molecular weight is 423 g/mol. The van der Waals surface area contributed by atoms with Gasteiger partial charge in [0.1, 0.15) is 11.0 Å². The summed E-state index contributed by atoms with van der Waals surface area (Å²) in [6.07, 6.45) is 1.93. The molecule has 1 atom stereocenters. The molecule has 30 heavy (non-hydrogen) atoms. The highest BCUT2D eigenvalue weighted by atomic mass is 32.2. The molecule has 0 saturated heterocycles. The van der Waals surface area contributed by atoms with Crippen molar-refractivity contribution >= 4 is 28.6 Å². The number of nitrogens with one attached hydrogen (secondary N) is 1. The first-order valence-corrected chi connectivity index (χ1v) is 10.5. The van der Waals surface area contributed by atoms with Crippen LogP contribution in [0.3, 0.4) is 0 Å².